The van der Waals surface area contributed by atoms with Crippen LogP contribution in [-0.2, 0) is 39.3 Å². The monoisotopic (exact) mass is 768 g/mol. The molecule has 0 radical (unpaired) electrons. The van der Waals surface area contributed by atoms with Crippen LogP contribution in [0.3, 0.4) is 0 Å². The van der Waals surface area contributed by atoms with Gasteiger partial charge in [0, 0.05) is 110 Å². The van der Waals surface area contributed by atoms with Crippen molar-refractivity contribution in [1.29, 1.82) is 0 Å². The zero-order chi connectivity index (χ0) is 40.5. The predicted molar refractivity (Wildman–Crippen MR) is 232 cm³/mol. The average molecular weight is 769 g/mol. The fraction of sp³-hybridized carbons (Fsp3) is 0.396. The molecule has 0 spiro atoms. The summed E-state index contributed by atoms with van der Waals surface area (Å²) < 4.78 is 0. The summed E-state index contributed by atoms with van der Waals surface area (Å²) in [6.45, 7) is 15.0. The van der Waals surface area contributed by atoms with Gasteiger partial charge in [-0.05, 0) is 63.6 Å². The molecule has 300 valence electrons. The normalized spacial score (nSPS) is 15.8. The summed E-state index contributed by atoms with van der Waals surface area (Å²) in [5, 5.41) is 0. The number of amides is 3. The van der Waals surface area contributed by atoms with Crippen LogP contribution in [0.5, 0.6) is 0 Å². The summed E-state index contributed by atoms with van der Waals surface area (Å²) in [4.78, 5) is 53.6. The molecule has 2 saturated heterocycles. The molecule has 57 heavy (non-hydrogen) atoms. The second-order valence-corrected chi connectivity index (χ2v) is 16.7. The first-order chi connectivity index (χ1) is 27.3. The Balaban J connectivity index is 1.24. The van der Waals surface area contributed by atoms with Gasteiger partial charge in [-0.15, -0.1) is 0 Å². The van der Waals surface area contributed by atoms with Crippen LogP contribution in [0.1, 0.15) is 55.5 Å². The molecule has 0 saturated carbocycles. The number of carbonyl (C=O) groups excluding carboxylic acids is 3. The number of nitrogens with zero attached hydrogens (tertiary/aromatic N) is 6. The van der Waals surface area contributed by atoms with Gasteiger partial charge in [-0.1, -0.05) is 99.6 Å². The van der Waals surface area contributed by atoms with Gasteiger partial charge in [0.2, 0.25) is 17.7 Å². The third-order valence-electron chi connectivity index (χ3n) is 11.3. The van der Waals surface area contributed by atoms with Gasteiger partial charge in [-0.2, -0.15) is 0 Å². The second-order valence-electron chi connectivity index (χ2n) is 16.7. The molecular weight excluding hydrogens is 709 g/mol. The molecule has 2 aliphatic heterocycles. The minimum atomic E-state index is -0.697. The lowest BCUT2D eigenvalue weighted by atomic mass is 9.87. The van der Waals surface area contributed by atoms with Gasteiger partial charge in [0.15, 0.2) is 0 Å². The highest BCUT2D eigenvalue weighted by atomic mass is 16.2. The first-order valence-corrected chi connectivity index (χ1v) is 20.3. The first-order valence-electron chi connectivity index (χ1n) is 20.3. The van der Waals surface area contributed by atoms with Crippen molar-refractivity contribution in [3.8, 4) is 0 Å². The molecule has 2 heterocycles. The van der Waals surface area contributed by atoms with Gasteiger partial charge in [-0.25, -0.2) is 0 Å². The number of hydrogen-bond acceptors (Lipinski definition) is 6. The summed E-state index contributed by atoms with van der Waals surface area (Å²) in [7, 11) is 4.09. The third-order valence-corrected chi connectivity index (χ3v) is 11.3. The van der Waals surface area contributed by atoms with Crippen molar-refractivity contribution < 1.29 is 14.4 Å². The van der Waals surface area contributed by atoms with E-state index in [2.05, 4.69) is 96.1 Å². The molecule has 6 rings (SSSR count). The smallest absolute Gasteiger partial charge is 0.247 e. The minimum absolute atomic E-state index is 0.0231. The van der Waals surface area contributed by atoms with E-state index in [0.717, 1.165) is 55.1 Å². The van der Waals surface area contributed by atoms with E-state index in [4.69, 9.17) is 0 Å². The fourth-order valence-corrected chi connectivity index (χ4v) is 7.65. The van der Waals surface area contributed by atoms with Gasteiger partial charge >= 0.3 is 0 Å². The summed E-state index contributed by atoms with van der Waals surface area (Å²) in [5.41, 5.74) is 7.66. The van der Waals surface area contributed by atoms with Gasteiger partial charge in [-0.3, -0.25) is 19.3 Å². The topological polar surface area (TPSA) is 70.6 Å². The van der Waals surface area contributed by atoms with E-state index < -0.39 is 6.04 Å². The standard InChI is InChI=1S/C48H60N6O3/c1-37(55)51-30-32-52(33-31-51)44-23-16-41(17-24-44)36-54(46(56)25-18-38-12-19-42(20-13-38)48(2,3)4)45(34-39-10-8-7-9-11-39)47(57)53-28-26-50(27-29-53)35-40-14-21-43(22-15-40)49(5)6/h7-25,45H,26-36H2,1-6H3. The van der Waals surface area contributed by atoms with Crippen molar-refractivity contribution in [3.63, 3.8) is 0 Å². The highest BCUT2D eigenvalue weighted by Gasteiger charge is 2.34. The lowest BCUT2D eigenvalue weighted by Crippen LogP contribution is -2.56. The van der Waals surface area contributed by atoms with Gasteiger partial charge < -0.3 is 24.5 Å². The predicted octanol–water partition coefficient (Wildman–Crippen LogP) is 6.72. The Labute approximate surface area is 340 Å². The molecule has 9 heteroatoms. The maximum Gasteiger partial charge on any atom is 0.247 e. The van der Waals surface area contributed by atoms with Crippen LogP contribution >= 0.6 is 0 Å². The van der Waals surface area contributed by atoms with Crippen molar-refractivity contribution in [2.24, 2.45) is 0 Å². The number of carbonyl (C=O) groups is 3. The van der Waals surface area contributed by atoms with Crippen LogP contribution in [0.2, 0.25) is 0 Å². The second kappa shape index (κ2) is 18.7. The highest BCUT2D eigenvalue weighted by Crippen LogP contribution is 2.25. The summed E-state index contributed by atoms with van der Waals surface area (Å²) in [6, 6.07) is 34.6. The highest BCUT2D eigenvalue weighted by molar-refractivity contribution is 5.96. The largest absolute Gasteiger partial charge is 0.378 e. The number of piperazine rings is 2. The van der Waals surface area contributed by atoms with Crippen LogP contribution in [0.25, 0.3) is 6.08 Å². The maximum atomic E-state index is 14.8. The van der Waals surface area contributed by atoms with Crippen molar-refractivity contribution in [1.82, 2.24) is 19.6 Å². The quantitative estimate of drug-likeness (QED) is 0.149. The molecular formula is C48H60N6O3. The van der Waals surface area contributed by atoms with E-state index in [0.29, 0.717) is 32.6 Å². The van der Waals surface area contributed by atoms with E-state index in [1.54, 1.807) is 17.9 Å². The van der Waals surface area contributed by atoms with Crippen molar-refractivity contribution >= 4 is 35.2 Å². The third kappa shape index (κ3) is 11.1. The van der Waals surface area contributed by atoms with Crippen LogP contribution in [0.15, 0.2) is 109 Å². The molecule has 2 aliphatic rings. The molecule has 1 unspecified atom stereocenters. The summed E-state index contributed by atoms with van der Waals surface area (Å²) in [5.74, 6) is -0.114. The molecule has 9 nitrogen and oxygen atoms in total. The lowest BCUT2D eigenvalue weighted by Gasteiger charge is -2.39. The van der Waals surface area contributed by atoms with Crippen LogP contribution in [0.4, 0.5) is 11.4 Å². The summed E-state index contributed by atoms with van der Waals surface area (Å²) in [6.07, 6.45) is 3.90. The summed E-state index contributed by atoms with van der Waals surface area (Å²) >= 11 is 0. The Kier molecular flexibility index (Phi) is 13.5. The van der Waals surface area contributed by atoms with Crippen molar-refractivity contribution in [2.45, 2.75) is 58.7 Å². The molecule has 3 amide bonds. The molecule has 0 bridgehead atoms. The molecule has 0 aromatic heterocycles. The zero-order valence-electron chi connectivity index (χ0n) is 34.7. The van der Waals surface area contributed by atoms with Crippen molar-refractivity contribution in [2.75, 3.05) is 76.3 Å². The van der Waals surface area contributed by atoms with E-state index in [-0.39, 0.29) is 29.7 Å². The number of rotatable bonds is 12. The van der Waals surface area contributed by atoms with Crippen molar-refractivity contribution in [3.05, 3.63) is 137 Å². The first kappa shape index (κ1) is 41.2. The van der Waals surface area contributed by atoms with Crippen LogP contribution in [-0.4, -0.2) is 110 Å². The molecule has 4 aromatic rings. The molecule has 1 atom stereocenters. The van der Waals surface area contributed by atoms with Gasteiger partial charge in [0.05, 0.1) is 0 Å². The van der Waals surface area contributed by atoms with E-state index in [1.165, 1.54) is 16.8 Å². The van der Waals surface area contributed by atoms with E-state index >= 15 is 0 Å². The average Bonchev–Trinajstić information content (AvgIpc) is 3.22. The lowest BCUT2D eigenvalue weighted by molar-refractivity contribution is -0.145. The SMILES string of the molecule is CC(=O)N1CCN(c2ccc(CN(C(=O)C=Cc3ccc(C(C)(C)C)cc3)C(Cc3ccccc3)C(=O)N3CCN(Cc4ccc(N(C)C)cc4)CC3)cc2)CC1. The number of hydrogen-bond donors (Lipinski definition) is 0. The number of anilines is 2. The molecule has 2 fully saturated rings. The zero-order valence-corrected chi connectivity index (χ0v) is 34.7. The minimum Gasteiger partial charge on any atom is -0.378 e. The maximum absolute atomic E-state index is 14.8. The molecule has 4 aromatic carbocycles. The van der Waals surface area contributed by atoms with E-state index in [9.17, 15) is 14.4 Å². The van der Waals surface area contributed by atoms with Crippen LogP contribution in [0, 0.1) is 0 Å². The van der Waals surface area contributed by atoms with Gasteiger partial charge in [0.25, 0.3) is 0 Å². The Morgan fingerprint density at radius 3 is 1.86 bits per heavy atom. The Morgan fingerprint density at radius 2 is 1.28 bits per heavy atom. The van der Waals surface area contributed by atoms with Gasteiger partial charge in [0.1, 0.15) is 6.04 Å². The Bertz CT molecular complexity index is 1950. The number of benzene rings is 4. The Morgan fingerprint density at radius 1 is 0.684 bits per heavy atom. The molecule has 0 aliphatic carbocycles. The van der Waals surface area contributed by atoms with Crippen LogP contribution < -0.4 is 9.80 Å². The fourth-order valence-electron chi connectivity index (χ4n) is 7.65. The Hall–Kier alpha value is -5.41. The van der Waals surface area contributed by atoms with E-state index in [1.807, 2.05) is 72.4 Å². The molecule has 0 N–H and O–H groups in total.